The molecule has 2 heterocycles. The summed E-state index contributed by atoms with van der Waals surface area (Å²) in [4.78, 5) is 4.43. The fourth-order valence-electron chi connectivity index (χ4n) is 2.34. The highest BCUT2D eigenvalue weighted by Crippen LogP contribution is 2.42. The normalized spacial score (nSPS) is 14.9. The predicted octanol–water partition coefficient (Wildman–Crippen LogP) is 4.95. The molecule has 116 valence electrons. The SMILES string of the molecule is FC1(F)Oc2ccc(Nc3nc4ccccc4cc3Cl)cc2O1. The lowest BCUT2D eigenvalue weighted by atomic mass is 10.2. The fraction of sp³-hybridized carbons (Fsp3) is 0.0625. The van der Waals surface area contributed by atoms with Gasteiger partial charge < -0.3 is 14.8 Å². The van der Waals surface area contributed by atoms with Gasteiger partial charge in [-0.1, -0.05) is 29.8 Å². The van der Waals surface area contributed by atoms with Gasteiger partial charge >= 0.3 is 6.29 Å². The third-order valence-electron chi connectivity index (χ3n) is 3.34. The second-order valence-corrected chi connectivity index (χ2v) is 5.37. The number of aromatic nitrogens is 1. The third kappa shape index (κ3) is 2.61. The van der Waals surface area contributed by atoms with Crippen LogP contribution in [0.25, 0.3) is 10.9 Å². The molecular weight excluding hydrogens is 326 g/mol. The van der Waals surface area contributed by atoms with Gasteiger partial charge in [-0.3, -0.25) is 0 Å². The Labute approximate surface area is 134 Å². The van der Waals surface area contributed by atoms with Crippen molar-refractivity contribution < 1.29 is 18.3 Å². The van der Waals surface area contributed by atoms with E-state index in [0.29, 0.717) is 16.5 Å². The highest BCUT2D eigenvalue weighted by atomic mass is 35.5. The quantitative estimate of drug-likeness (QED) is 0.720. The molecule has 0 saturated heterocycles. The number of para-hydroxylation sites is 1. The van der Waals surface area contributed by atoms with Gasteiger partial charge in [0.25, 0.3) is 0 Å². The number of nitrogens with one attached hydrogen (secondary N) is 1. The largest absolute Gasteiger partial charge is 0.586 e. The van der Waals surface area contributed by atoms with E-state index in [1.807, 2.05) is 24.3 Å². The number of anilines is 2. The van der Waals surface area contributed by atoms with E-state index >= 15 is 0 Å². The zero-order valence-electron chi connectivity index (χ0n) is 11.5. The number of rotatable bonds is 2. The van der Waals surface area contributed by atoms with Crippen LogP contribution in [0.1, 0.15) is 0 Å². The second-order valence-electron chi connectivity index (χ2n) is 4.97. The van der Waals surface area contributed by atoms with E-state index in [-0.39, 0.29) is 11.5 Å². The highest BCUT2D eigenvalue weighted by Gasteiger charge is 2.43. The maximum absolute atomic E-state index is 13.0. The summed E-state index contributed by atoms with van der Waals surface area (Å²) < 4.78 is 34.9. The van der Waals surface area contributed by atoms with Gasteiger partial charge in [0.05, 0.1) is 10.5 Å². The summed E-state index contributed by atoms with van der Waals surface area (Å²) in [5, 5.41) is 4.33. The molecule has 0 atom stereocenters. The molecule has 0 spiro atoms. The molecule has 1 N–H and O–H groups in total. The molecule has 1 aliphatic heterocycles. The zero-order chi connectivity index (χ0) is 16.0. The first kappa shape index (κ1) is 14.0. The van der Waals surface area contributed by atoms with Crippen LogP contribution in [-0.4, -0.2) is 11.3 Å². The summed E-state index contributed by atoms with van der Waals surface area (Å²) in [6, 6.07) is 13.7. The first-order chi connectivity index (χ1) is 11.0. The molecule has 2 aromatic carbocycles. The summed E-state index contributed by atoms with van der Waals surface area (Å²) >= 11 is 6.21. The van der Waals surface area contributed by atoms with Gasteiger partial charge in [0, 0.05) is 17.1 Å². The molecule has 0 fully saturated rings. The number of nitrogens with zero attached hydrogens (tertiary/aromatic N) is 1. The first-order valence-corrected chi connectivity index (χ1v) is 7.10. The van der Waals surface area contributed by atoms with Gasteiger partial charge in [-0.2, -0.15) is 0 Å². The molecule has 0 aliphatic carbocycles. The topological polar surface area (TPSA) is 43.4 Å². The molecule has 0 bridgehead atoms. The summed E-state index contributed by atoms with van der Waals surface area (Å²) in [7, 11) is 0. The van der Waals surface area contributed by atoms with Crippen LogP contribution in [0.4, 0.5) is 20.3 Å². The Hall–Kier alpha value is -2.60. The molecule has 1 aromatic heterocycles. The van der Waals surface area contributed by atoms with Crippen LogP contribution in [0.2, 0.25) is 5.02 Å². The average Bonchev–Trinajstić information content (AvgIpc) is 2.81. The molecule has 0 saturated carbocycles. The van der Waals surface area contributed by atoms with Crippen molar-refractivity contribution in [3.8, 4) is 11.5 Å². The van der Waals surface area contributed by atoms with Gasteiger partial charge in [-0.25, -0.2) is 4.98 Å². The number of fused-ring (bicyclic) bond motifs is 2. The minimum absolute atomic E-state index is 0.0156. The fourth-order valence-corrected chi connectivity index (χ4v) is 2.55. The molecule has 4 nitrogen and oxygen atoms in total. The van der Waals surface area contributed by atoms with Gasteiger partial charge in [-0.15, -0.1) is 8.78 Å². The van der Waals surface area contributed by atoms with E-state index < -0.39 is 6.29 Å². The number of halogens is 3. The van der Waals surface area contributed by atoms with Crippen molar-refractivity contribution in [2.75, 3.05) is 5.32 Å². The molecule has 4 rings (SSSR count). The number of ether oxygens (including phenoxy) is 2. The number of hydrogen-bond donors (Lipinski definition) is 1. The number of hydrogen-bond acceptors (Lipinski definition) is 4. The van der Waals surface area contributed by atoms with E-state index in [2.05, 4.69) is 19.8 Å². The Bertz CT molecular complexity index is 918. The zero-order valence-corrected chi connectivity index (χ0v) is 12.3. The number of benzene rings is 2. The van der Waals surface area contributed by atoms with Crippen LogP contribution in [0, 0.1) is 0 Å². The van der Waals surface area contributed by atoms with Gasteiger partial charge in [0.15, 0.2) is 11.5 Å². The van der Waals surface area contributed by atoms with Crippen LogP contribution in [0.5, 0.6) is 11.5 Å². The van der Waals surface area contributed by atoms with Crippen LogP contribution in [0.15, 0.2) is 48.5 Å². The Morgan fingerprint density at radius 1 is 1.00 bits per heavy atom. The molecule has 0 radical (unpaired) electrons. The summed E-state index contributed by atoms with van der Waals surface area (Å²) in [5.41, 5.74) is 1.28. The molecule has 23 heavy (non-hydrogen) atoms. The summed E-state index contributed by atoms with van der Waals surface area (Å²) in [6.45, 7) is 0. The van der Waals surface area contributed by atoms with Gasteiger partial charge in [0.1, 0.15) is 5.82 Å². The van der Waals surface area contributed by atoms with E-state index in [4.69, 9.17) is 11.6 Å². The molecule has 0 amide bonds. The van der Waals surface area contributed by atoms with Crippen molar-refractivity contribution in [1.29, 1.82) is 0 Å². The predicted molar refractivity (Wildman–Crippen MR) is 82.7 cm³/mol. The van der Waals surface area contributed by atoms with Crippen LogP contribution in [-0.2, 0) is 0 Å². The molecule has 3 aromatic rings. The summed E-state index contributed by atoms with van der Waals surface area (Å²) in [5.74, 6) is 0.367. The van der Waals surface area contributed by atoms with E-state index in [1.165, 1.54) is 12.1 Å². The van der Waals surface area contributed by atoms with Gasteiger partial charge in [0.2, 0.25) is 0 Å². The van der Waals surface area contributed by atoms with Crippen molar-refractivity contribution in [2.24, 2.45) is 0 Å². The van der Waals surface area contributed by atoms with Crippen molar-refractivity contribution in [3.05, 3.63) is 53.6 Å². The Morgan fingerprint density at radius 3 is 2.65 bits per heavy atom. The maximum Gasteiger partial charge on any atom is 0.586 e. The maximum atomic E-state index is 13.0. The van der Waals surface area contributed by atoms with Crippen LogP contribution in [0.3, 0.4) is 0 Å². The number of alkyl halides is 2. The van der Waals surface area contributed by atoms with Crippen molar-refractivity contribution in [1.82, 2.24) is 4.98 Å². The lowest BCUT2D eigenvalue weighted by Gasteiger charge is -2.09. The Kier molecular flexibility index (Phi) is 3.02. The molecular formula is C16H9ClF2N2O2. The van der Waals surface area contributed by atoms with Gasteiger partial charge in [-0.05, 0) is 24.3 Å². The second kappa shape index (κ2) is 4.96. The Morgan fingerprint density at radius 2 is 1.78 bits per heavy atom. The van der Waals surface area contributed by atoms with E-state index in [0.717, 1.165) is 10.9 Å². The standard InChI is InChI=1S/C16H9ClF2N2O2/c17-11-7-9-3-1-2-4-12(9)21-15(11)20-10-5-6-13-14(8-10)23-16(18,19)22-13/h1-8H,(H,20,21). The average molecular weight is 335 g/mol. The summed E-state index contributed by atoms with van der Waals surface area (Å²) in [6.07, 6.45) is -3.64. The van der Waals surface area contributed by atoms with Crippen LogP contribution < -0.4 is 14.8 Å². The van der Waals surface area contributed by atoms with E-state index in [9.17, 15) is 8.78 Å². The van der Waals surface area contributed by atoms with Crippen molar-refractivity contribution >= 4 is 34.0 Å². The Balaban J connectivity index is 1.68. The number of pyridine rings is 1. The highest BCUT2D eigenvalue weighted by molar-refractivity contribution is 6.33. The van der Waals surface area contributed by atoms with Crippen molar-refractivity contribution in [3.63, 3.8) is 0 Å². The minimum Gasteiger partial charge on any atom is -0.395 e. The smallest absolute Gasteiger partial charge is 0.395 e. The molecule has 1 aliphatic rings. The molecule has 0 unspecified atom stereocenters. The minimum atomic E-state index is -3.64. The monoisotopic (exact) mass is 334 g/mol. The third-order valence-corrected chi connectivity index (χ3v) is 3.63. The van der Waals surface area contributed by atoms with Crippen molar-refractivity contribution in [2.45, 2.75) is 6.29 Å². The first-order valence-electron chi connectivity index (χ1n) is 6.72. The van der Waals surface area contributed by atoms with Crippen LogP contribution >= 0.6 is 11.6 Å². The lowest BCUT2D eigenvalue weighted by molar-refractivity contribution is -0.286. The lowest BCUT2D eigenvalue weighted by Crippen LogP contribution is -2.25. The molecule has 7 heteroatoms. The van der Waals surface area contributed by atoms with E-state index in [1.54, 1.807) is 12.1 Å².